The lowest BCUT2D eigenvalue weighted by molar-refractivity contribution is -0.192. The Bertz CT molecular complexity index is 3110. The fraction of sp³-hybridized carbons (Fsp3) is 0.423. The number of cyclic esters (lactones) is 1. The summed E-state index contributed by atoms with van der Waals surface area (Å²) in [5.41, 5.74) is 12.5. The zero-order chi connectivity index (χ0) is 58.3. The molecule has 25 nitrogen and oxygen atoms in total. The number of carbonyl (C=O) groups is 8. The molecule has 0 saturated carbocycles. The average molecular weight is 1120 g/mol. The molecular formula is C52H61F3N12O13. The van der Waals surface area contributed by atoms with E-state index in [1.54, 1.807) is 50.2 Å². The molecule has 3 aliphatic heterocycles. The molecule has 5 atom stereocenters. The van der Waals surface area contributed by atoms with Crippen molar-refractivity contribution in [2.75, 3.05) is 26.2 Å². The van der Waals surface area contributed by atoms with Crippen molar-refractivity contribution in [1.29, 1.82) is 0 Å². The second kappa shape index (κ2) is 27.1. The molecule has 2 aromatic heterocycles. The number of oxime groups is 1. The number of nitrogens with zero attached hydrogens (tertiary/aromatic N) is 4. The smallest absolute Gasteiger partial charge is 0.475 e. The number of amides is 6. The molecular weight excluding hydrogens is 1060 g/mol. The second-order valence-electron chi connectivity index (χ2n) is 18.7. The number of hydrogen-bond acceptors (Lipinski definition) is 15. The van der Waals surface area contributed by atoms with Gasteiger partial charge >= 0.3 is 18.1 Å². The van der Waals surface area contributed by atoms with E-state index in [4.69, 9.17) is 35.9 Å². The number of fused-ring (bicyclic) bond motifs is 5. The number of nitrogens with two attached hydrogens (primary N) is 2. The number of esters is 1. The largest absolute Gasteiger partial charge is 0.490 e. The molecule has 7 rings (SSSR count). The molecule has 5 heterocycles. The standard InChI is InChI=1S/C50H60N12O11.C2HF3O2/c1-3-34-44(66)61-38(22-28-12-6-5-7-13-28)46(68)60-37(45(67)59-36(17-11-19-54-49(51)52)43(65)55-25-41(64)57-34)16-10-18-40(63)53-20-21-73-56-24-30-29-14-8-9-15-35(29)58-42-31(30)26-62-39(42)23-33-32(47(62)69)27-72-48(70)50(33,71)4-2;3-2(4,5)1(6)7/h5-9,12-15,23-24,34,36-38,71H,3-4,10-11,16-22,25-27H2,1-2H3,(H,53,63)(H,55,65)(H,57,64)(H,59,67)(H,60,68)(H,61,66)(H4,51,52,54);(H,6,7)/b56-24+;/t34-,36-,37-,38+,50-;/m0./s1. The lowest BCUT2D eigenvalue weighted by Gasteiger charge is -2.31. The van der Waals surface area contributed by atoms with Gasteiger partial charge in [-0.05, 0) is 56.2 Å². The van der Waals surface area contributed by atoms with Gasteiger partial charge in [0.1, 0.15) is 37.4 Å². The Morgan fingerprint density at radius 2 is 1.52 bits per heavy atom. The molecule has 6 amide bonds. The second-order valence-corrected chi connectivity index (χ2v) is 18.7. The number of pyridine rings is 2. The number of nitrogens with one attached hydrogen (secondary N) is 6. The molecule has 1 saturated heterocycles. The van der Waals surface area contributed by atoms with Gasteiger partial charge < -0.3 is 67.7 Å². The number of para-hydroxylation sites is 1. The number of guanidine groups is 1. The summed E-state index contributed by atoms with van der Waals surface area (Å²) in [7, 11) is 0. The van der Waals surface area contributed by atoms with Gasteiger partial charge in [-0.1, -0.05) is 67.5 Å². The van der Waals surface area contributed by atoms with Gasteiger partial charge in [-0.25, -0.2) is 14.6 Å². The van der Waals surface area contributed by atoms with Gasteiger partial charge in [0.2, 0.25) is 35.4 Å². The lowest BCUT2D eigenvalue weighted by Crippen LogP contribution is -2.58. The number of benzene rings is 2. The summed E-state index contributed by atoms with van der Waals surface area (Å²) in [5.74, 6) is -7.57. The van der Waals surface area contributed by atoms with Crippen LogP contribution in [0.2, 0.25) is 0 Å². The highest BCUT2D eigenvalue weighted by molar-refractivity contribution is 6.02. The van der Waals surface area contributed by atoms with E-state index < -0.39 is 95.4 Å². The van der Waals surface area contributed by atoms with Crippen LogP contribution in [0.1, 0.15) is 86.6 Å². The van der Waals surface area contributed by atoms with Crippen molar-refractivity contribution in [3.63, 3.8) is 0 Å². The fourth-order valence-corrected chi connectivity index (χ4v) is 8.95. The highest BCUT2D eigenvalue weighted by Gasteiger charge is 2.46. The van der Waals surface area contributed by atoms with Crippen LogP contribution in [0.25, 0.3) is 22.3 Å². The molecule has 2 aromatic carbocycles. The summed E-state index contributed by atoms with van der Waals surface area (Å²) in [6.07, 6.45) is -3.05. The maximum atomic E-state index is 14.1. The van der Waals surface area contributed by atoms with E-state index in [0.29, 0.717) is 33.6 Å². The summed E-state index contributed by atoms with van der Waals surface area (Å²) in [5, 5.41) is 39.3. The Hall–Kier alpha value is -8.95. The van der Waals surface area contributed by atoms with Gasteiger partial charge in [0.15, 0.2) is 11.6 Å². The predicted molar refractivity (Wildman–Crippen MR) is 280 cm³/mol. The number of ether oxygens (including phenoxy) is 1. The molecule has 0 spiro atoms. The Morgan fingerprint density at radius 3 is 2.20 bits per heavy atom. The Kier molecular flexibility index (Phi) is 20.4. The fourth-order valence-electron chi connectivity index (χ4n) is 8.95. The molecule has 0 bridgehead atoms. The zero-order valence-corrected chi connectivity index (χ0v) is 43.5. The first-order chi connectivity index (χ1) is 38.1. The van der Waals surface area contributed by atoms with Crippen molar-refractivity contribution in [2.24, 2.45) is 21.6 Å². The van der Waals surface area contributed by atoms with Gasteiger partial charge in [0, 0.05) is 41.5 Å². The van der Waals surface area contributed by atoms with Crippen LogP contribution < -0.4 is 48.9 Å². The first-order valence-corrected chi connectivity index (χ1v) is 25.4. The van der Waals surface area contributed by atoms with Crippen LogP contribution in [-0.2, 0) is 73.1 Å². The minimum absolute atomic E-state index is 0.00541. The van der Waals surface area contributed by atoms with Crippen molar-refractivity contribution < 1.29 is 71.3 Å². The van der Waals surface area contributed by atoms with Crippen molar-refractivity contribution in [2.45, 2.75) is 114 Å². The maximum absolute atomic E-state index is 14.1. The van der Waals surface area contributed by atoms with E-state index in [1.807, 2.05) is 24.3 Å². The number of carboxylic acids is 1. The summed E-state index contributed by atoms with van der Waals surface area (Å²) in [6.45, 7) is 2.84. The molecule has 0 aliphatic carbocycles. The number of carbonyl (C=O) groups excluding carboxylic acids is 7. The number of aromatic nitrogens is 2. The Morgan fingerprint density at radius 1 is 0.887 bits per heavy atom. The Labute approximate surface area is 454 Å². The van der Waals surface area contributed by atoms with E-state index in [2.05, 4.69) is 42.0 Å². The highest BCUT2D eigenvalue weighted by Crippen LogP contribution is 2.40. The van der Waals surface area contributed by atoms with Crippen LogP contribution in [0, 0.1) is 0 Å². The molecule has 80 heavy (non-hydrogen) atoms. The molecule has 0 radical (unpaired) electrons. The number of aliphatic hydroxyl groups is 1. The molecule has 4 aromatic rings. The summed E-state index contributed by atoms with van der Waals surface area (Å²) >= 11 is 0. The predicted octanol–water partition coefficient (Wildman–Crippen LogP) is 0.125. The SMILES string of the molecule is CC[C@@H]1NC(=O)CNC(=O)[C@H](CCCN=C(N)N)NC(=O)[C@H](CCCC(=O)NCCO/N=C/c2c3c(nc4ccccc24)-c2cc4c(c(=O)n2C3)COC(=O)[C@]4(O)CC)NC(=O)[C@@H](Cc2ccccc2)NC1=O.O=C(O)C(F)(F)F. The van der Waals surface area contributed by atoms with E-state index in [0.717, 1.165) is 5.39 Å². The van der Waals surface area contributed by atoms with Crippen LogP contribution in [0.3, 0.4) is 0 Å². The highest BCUT2D eigenvalue weighted by atomic mass is 19.4. The summed E-state index contributed by atoms with van der Waals surface area (Å²) in [4.78, 5) is 131. The van der Waals surface area contributed by atoms with Gasteiger partial charge in [-0.3, -0.25) is 38.6 Å². The van der Waals surface area contributed by atoms with Crippen molar-refractivity contribution in [3.8, 4) is 11.4 Å². The van der Waals surface area contributed by atoms with Crippen LogP contribution >= 0.6 is 0 Å². The number of carboxylic acid groups (broad SMARTS) is 1. The number of alkyl halides is 3. The Balaban J connectivity index is 0.00000138. The van der Waals surface area contributed by atoms with Crippen molar-refractivity contribution >= 4 is 70.5 Å². The van der Waals surface area contributed by atoms with E-state index in [1.165, 1.54) is 10.8 Å². The molecule has 1 fully saturated rings. The van der Waals surface area contributed by atoms with Crippen molar-refractivity contribution in [3.05, 3.63) is 98.8 Å². The average Bonchev–Trinajstić information content (AvgIpc) is 4.05. The normalized spacial score (nSPS) is 20.3. The first kappa shape index (κ1) is 60.3. The summed E-state index contributed by atoms with van der Waals surface area (Å²) in [6, 6.07) is 13.2. The van der Waals surface area contributed by atoms with Crippen LogP contribution in [-0.4, -0.2) is 136 Å². The van der Waals surface area contributed by atoms with Gasteiger partial charge in [0.25, 0.3) is 5.56 Å². The monoisotopic (exact) mass is 1120 g/mol. The van der Waals surface area contributed by atoms with Crippen LogP contribution in [0.4, 0.5) is 13.2 Å². The third-order valence-corrected chi connectivity index (χ3v) is 13.2. The molecule has 3 aliphatic rings. The van der Waals surface area contributed by atoms with E-state index >= 15 is 0 Å². The van der Waals surface area contributed by atoms with Crippen LogP contribution in [0.15, 0.2) is 75.6 Å². The van der Waals surface area contributed by atoms with E-state index in [9.17, 15) is 56.6 Å². The molecule has 0 unspecified atom stereocenters. The van der Waals surface area contributed by atoms with Crippen molar-refractivity contribution in [1.82, 2.24) is 41.5 Å². The molecule has 428 valence electrons. The number of halogens is 3. The molecule has 28 heteroatoms. The maximum Gasteiger partial charge on any atom is 0.490 e. The van der Waals surface area contributed by atoms with Gasteiger partial charge in [-0.2, -0.15) is 13.2 Å². The number of aliphatic imine (C=N–C) groups is 1. The van der Waals surface area contributed by atoms with E-state index in [-0.39, 0.29) is 101 Å². The number of aliphatic carboxylic acids is 1. The summed E-state index contributed by atoms with van der Waals surface area (Å²) < 4.78 is 38.5. The third-order valence-electron chi connectivity index (χ3n) is 13.2. The third kappa shape index (κ3) is 15.2. The quantitative estimate of drug-likeness (QED) is 0.0194. The van der Waals surface area contributed by atoms with Gasteiger partial charge in [0.05, 0.1) is 48.3 Å². The van der Waals surface area contributed by atoms with Crippen LogP contribution in [0.5, 0.6) is 0 Å². The first-order valence-electron chi connectivity index (χ1n) is 25.4. The topological polar surface area (TPSA) is 379 Å². The van der Waals surface area contributed by atoms with Gasteiger partial charge in [-0.15, -0.1) is 0 Å². The minimum Gasteiger partial charge on any atom is -0.475 e. The lowest BCUT2D eigenvalue weighted by atomic mass is 9.86. The number of rotatable bonds is 17. The molecule has 12 N–H and O–H groups in total. The minimum atomic E-state index is -5.08. The number of hydrogen-bond donors (Lipinski definition) is 10. The zero-order valence-electron chi connectivity index (χ0n) is 43.5.